The van der Waals surface area contributed by atoms with Gasteiger partial charge in [0, 0.05) is 0 Å². The lowest BCUT2D eigenvalue weighted by molar-refractivity contribution is 0.364. The van der Waals surface area contributed by atoms with Crippen LogP contribution in [-0.2, 0) is 10.0 Å². The van der Waals surface area contributed by atoms with E-state index in [0.29, 0.717) is 11.3 Å². The molecule has 4 nitrogen and oxygen atoms in total. The monoisotopic (exact) mass is 267 g/mol. The molecule has 0 saturated carbocycles. The van der Waals surface area contributed by atoms with Gasteiger partial charge in [-0.1, -0.05) is 5.92 Å². The van der Waals surface area contributed by atoms with Gasteiger partial charge < -0.3 is 4.74 Å². The molecule has 0 aromatic heterocycles. The Morgan fingerprint density at radius 1 is 1.28 bits per heavy atom. The SMILES string of the molecule is CC#CCOc1c(C)cc(S(N)(=O)=O)c(C)c1C. The molecule has 0 spiro atoms. The maximum absolute atomic E-state index is 11.4. The van der Waals surface area contributed by atoms with E-state index in [4.69, 9.17) is 9.88 Å². The fourth-order valence-corrected chi connectivity index (χ4v) is 2.64. The fourth-order valence-electron chi connectivity index (χ4n) is 1.72. The van der Waals surface area contributed by atoms with E-state index < -0.39 is 10.0 Å². The summed E-state index contributed by atoms with van der Waals surface area (Å²) in [4.78, 5) is 0.145. The van der Waals surface area contributed by atoms with Gasteiger partial charge in [0.15, 0.2) is 0 Å². The summed E-state index contributed by atoms with van der Waals surface area (Å²) >= 11 is 0. The summed E-state index contributed by atoms with van der Waals surface area (Å²) < 4.78 is 28.4. The van der Waals surface area contributed by atoms with Crippen molar-refractivity contribution < 1.29 is 13.2 Å². The second kappa shape index (κ2) is 5.42. The van der Waals surface area contributed by atoms with E-state index in [2.05, 4.69) is 11.8 Å². The Labute approximate surface area is 108 Å². The number of hydrogen-bond donors (Lipinski definition) is 1. The predicted molar refractivity (Wildman–Crippen MR) is 71.0 cm³/mol. The largest absolute Gasteiger partial charge is 0.480 e. The van der Waals surface area contributed by atoms with Gasteiger partial charge in [0.25, 0.3) is 0 Å². The first-order valence-electron chi connectivity index (χ1n) is 5.45. The van der Waals surface area contributed by atoms with E-state index in [0.717, 1.165) is 11.1 Å². The number of ether oxygens (including phenoxy) is 1. The van der Waals surface area contributed by atoms with E-state index >= 15 is 0 Å². The van der Waals surface area contributed by atoms with Gasteiger partial charge in [-0.15, -0.1) is 5.92 Å². The molecule has 0 aliphatic rings. The van der Waals surface area contributed by atoms with Crippen molar-refractivity contribution in [3.8, 4) is 17.6 Å². The highest BCUT2D eigenvalue weighted by Gasteiger charge is 2.17. The molecule has 0 bridgehead atoms. The summed E-state index contributed by atoms with van der Waals surface area (Å²) in [5, 5.41) is 5.18. The molecule has 0 fully saturated rings. The van der Waals surface area contributed by atoms with Gasteiger partial charge in [-0.2, -0.15) is 0 Å². The smallest absolute Gasteiger partial charge is 0.238 e. The molecule has 5 heteroatoms. The fraction of sp³-hybridized carbons (Fsp3) is 0.385. The normalized spacial score (nSPS) is 10.7. The Balaban J connectivity index is 3.32. The molecule has 98 valence electrons. The second-order valence-electron chi connectivity index (χ2n) is 4.03. The van der Waals surface area contributed by atoms with Crippen LogP contribution in [0.3, 0.4) is 0 Å². The summed E-state index contributed by atoms with van der Waals surface area (Å²) in [6.45, 7) is 7.33. The standard InChI is InChI=1S/C13H17NO3S/c1-5-6-7-17-13-9(2)8-12(18(14,15)16)10(3)11(13)4/h8H,7H2,1-4H3,(H2,14,15,16). The van der Waals surface area contributed by atoms with Gasteiger partial charge in [0.1, 0.15) is 12.4 Å². The predicted octanol–water partition coefficient (Wildman–Crippen LogP) is 1.66. The van der Waals surface area contributed by atoms with Crippen LogP contribution in [0.4, 0.5) is 0 Å². The zero-order chi connectivity index (χ0) is 13.9. The quantitative estimate of drug-likeness (QED) is 0.847. The number of sulfonamides is 1. The molecule has 0 aliphatic carbocycles. The average Bonchev–Trinajstić information content (AvgIpc) is 2.26. The number of benzene rings is 1. The van der Waals surface area contributed by atoms with Crippen molar-refractivity contribution in [3.05, 3.63) is 22.8 Å². The Morgan fingerprint density at radius 2 is 1.89 bits per heavy atom. The van der Waals surface area contributed by atoms with Crippen molar-refractivity contribution in [2.75, 3.05) is 6.61 Å². The highest BCUT2D eigenvalue weighted by molar-refractivity contribution is 7.89. The van der Waals surface area contributed by atoms with Crippen molar-refractivity contribution in [1.29, 1.82) is 0 Å². The van der Waals surface area contributed by atoms with Gasteiger partial charge >= 0.3 is 0 Å². The Morgan fingerprint density at radius 3 is 2.39 bits per heavy atom. The molecule has 0 aliphatic heterocycles. The molecular formula is C13H17NO3S. The maximum atomic E-state index is 11.4. The van der Waals surface area contributed by atoms with E-state index in [1.54, 1.807) is 20.8 Å². The van der Waals surface area contributed by atoms with Gasteiger partial charge in [-0.05, 0) is 50.5 Å². The highest BCUT2D eigenvalue weighted by Crippen LogP contribution is 2.30. The average molecular weight is 267 g/mol. The minimum Gasteiger partial charge on any atom is -0.480 e. The van der Waals surface area contributed by atoms with Crippen LogP contribution in [0, 0.1) is 32.6 Å². The Bertz CT molecular complexity index is 622. The first kappa shape index (κ1) is 14.6. The molecule has 0 heterocycles. The molecule has 18 heavy (non-hydrogen) atoms. The minimum absolute atomic E-state index is 0.145. The maximum Gasteiger partial charge on any atom is 0.238 e. The molecular weight excluding hydrogens is 250 g/mol. The third kappa shape index (κ3) is 3.03. The Kier molecular flexibility index (Phi) is 4.38. The summed E-state index contributed by atoms with van der Waals surface area (Å²) in [7, 11) is -3.70. The van der Waals surface area contributed by atoms with Crippen LogP contribution in [-0.4, -0.2) is 15.0 Å². The van der Waals surface area contributed by atoms with Crippen LogP contribution < -0.4 is 9.88 Å². The molecule has 1 aromatic rings. The van der Waals surface area contributed by atoms with Gasteiger partial charge in [0.2, 0.25) is 10.0 Å². The summed E-state index contributed by atoms with van der Waals surface area (Å²) in [6, 6.07) is 1.53. The molecule has 0 atom stereocenters. The van der Waals surface area contributed by atoms with Crippen molar-refractivity contribution in [2.45, 2.75) is 32.6 Å². The molecule has 0 radical (unpaired) electrons. The molecule has 1 rings (SSSR count). The van der Waals surface area contributed by atoms with Crippen LogP contribution in [0.15, 0.2) is 11.0 Å². The van der Waals surface area contributed by atoms with E-state index in [1.165, 1.54) is 6.07 Å². The lowest BCUT2D eigenvalue weighted by atomic mass is 10.1. The van der Waals surface area contributed by atoms with Gasteiger partial charge in [-0.3, -0.25) is 0 Å². The lowest BCUT2D eigenvalue weighted by Crippen LogP contribution is -2.15. The van der Waals surface area contributed by atoms with Gasteiger partial charge in [-0.25, -0.2) is 13.6 Å². The zero-order valence-corrected chi connectivity index (χ0v) is 11.8. The van der Waals surface area contributed by atoms with Crippen molar-refractivity contribution in [3.63, 3.8) is 0 Å². The van der Waals surface area contributed by atoms with Crippen LogP contribution in [0.1, 0.15) is 23.6 Å². The van der Waals surface area contributed by atoms with E-state index in [-0.39, 0.29) is 11.5 Å². The van der Waals surface area contributed by atoms with Crippen molar-refractivity contribution in [1.82, 2.24) is 0 Å². The third-order valence-electron chi connectivity index (χ3n) is 2.75. The number of hydrogen-bond acceptors (Lipinski definition) is 3. The van der Waals surface area contributed by atoms with Crippen LogP contribution in [0.25, 0.3) is 0 Å². The molecule has 0 amide bonds. The highest BCUT2D eigenvalue weighted by atomic mass is 32.2. The third-order valence-corrected chi connectivity index (χ3v) is 3.79. The second-order valence-corrected chi connectivity index (χ2v) is 5.56. The molecule has 0 unspecified atom stereocenters. The molecule has 1 aromatic carbocycles. The first-order valence-corrected chi connectivity index (χ1v) is 6.99. The summed E-state index contributed by atoms with van der Waals surface area (Å²) in [5.74, 6) is 6.21. The Hall–Kier alpha value is -1.51. The van der Waals surface area contributed by atoms with Gasteiger partial charge in [0.05, 0.1) is 4.90 Å². The molecule has 0 saturated heterocycles. The zero-order valence-electron chi connectivity index (χ0n) is 11.0. The van der Waals surface area contributed by atoms with E-state index in [1.807, 2.05) is 6.92 Å². The number of nitrogens with two attached hydrogens (primary N) is 1. The van der Waals surface area contributed by atoms with E-state index in [9.17, 15) is 8.42 Å². The lowest BCUT2D eigenvalue weighted by Gasteiger charge is -2.15. The minimum atomic E-state index is -3.70. The number of primary sulfonamides is 1. The summed E-state index contributed by atoms with van der Waals surface area (Å²) in [6.07, 6.45) is 0. The molecule has 2 N–H and O–H groups in total. The van der Waals surface area contributed by atoms with Crippen molar-refractivity contribution >= 4 is 10.0 Å². The topological polar surface area (TPSA) is 69.4 Å². The summed E-state index contributed by atoms with van der Waals surface area (Å²) in [5.41, 5.74) is 2.12. The van der Waals surface area contributed by atoms with Crippen molar-refractivity contribution in [2.24, 2.45) is 5.14 Å². The van der Waals surface area contributed by atoms with Crippen LogP contribution in [0.2, 0.25) is 0 Å². The number of rotatable bonds is 3. The first-order chi connectivity index (χ1) is 8.29. The van der Waals surface area contributed by atoms with Crippen LogP contribution >= 0.6 is 0 Å². The van der Waals surface area contributed by atoms with Crippen LogP contribution in [0.5, 0.6) is 5.75 Å². The number of aryl methyl sites for hydroxylation is 1.